The lowest BCUT2D eigenvalue weighted by atomic mass is 10.1. The lowest BCUT2D eigenvalue weighted by Crippen LogP contribution is -2.07. The minimum Gasteiger partial charge on any atom is -0.354 e. The van der Waals surface area contributed by atoms with E-state index in [1.165, 1.54) is 6.20 Å². The van der Waals surface area contributed by atoms with E-state index in [9.17, 15) is 4.39 Å². The molecular formula is C15H19FN4. The monoisotopic (exact) mass is 274 g/mol. The van der Waals surface area contributed by atoms with Crippen LogP contribution in [-0.4, -0.2) is 16.5 Å². The molecule has 0 aliphatic heterocycles. The minimum atomic E-state index is -0.465. The first-order valence-corrected chi connectivity index (χ1v) is 6.71. The molecular weight excluding hydrogens is 255 g/mol. The molecule has 20 heavy (non-hydrogen) atoms. The molecule has 2 rings (SSSR count). The third kappa shape index (κ3) is 3.44. The highest BCUT2D eigenvalue weighted by Gasteiger charge is 2.08. The third-order valence-electron chi connectivity index (χ3n) is 2.92. The Morgan fingerprint density at radius 3 is 2.80 bits per heavy atom. The summed E-state index contributed by atoms with van der Waals surface area (Å²) in [5.41, 5.74) is 3.00. The van der Waals surface area contributed by atoms with Gasteiger partial charge in [0.2, 0.25) is 5.95 Å². The zero-order valence-electron chi connectivity index (χ0n) is 12.0. The number of anilines is 3. The van der Waals surface area contributed by atoms with Crippen molar-refractivity contribution in [2.24, 2.45) is 0 Å². The number of hydrogen-bond donors (Lipinski definition) is 2. The van der Waals surface area contributed by atoms with E-state index in [0.717, 1.165) is 29.8 Å². The summed E-state index contributed by atoms with van der Waals surface area (Å²) in [6.07, 6.45) is 2.14. The average molecular weight is 274 g/mol. The lowest BCUT2D eigenvalue weighted by Gasteiger charge is -2.11. The van der Waals surface area contributed by atoms with Crippen LogP contribution in [-0.2, 0) is 0 Å². The van der Waals surface area contributed by atoms with Gasteiger partial charge in [0, 0.05) is 12.2 Å². The Hall–Kier alpha value is -2.17. The highest BCUT2D eigenvalue weighted by atomic mass is 19.1. The Morgan fingerprint density at radius 1 is 1.25 bits per heavy atom. The molecule has 0 atom stereocenters. The Labute approximate surface area is 118 Å². The van der Waals surface area contributed by atoms with Gasteiger partial charge in [-0.3, -0.25) is 0 Å². The Morgan fingerprint density at radius 2 is 2.05 bits per heavy atom. The number of benzene rings is 1. The minimum absolute atomic E-state index is 0.187. The predicted octanol–water partition coefficient (Wildman–Crippen LogP) is 3.80. The fraction of sp³-hybridized carbons (Fsp3) is 0.333. The van der Waals surface area contributed by atoms with Crippen molar-refractivity contribution in [1.82, 2.24) is 9.97 Å². The van der Waals surface area contributed by atoms with E-state index in [-0.39, 0.29) is 5.82 Å². The molecule has 0 amide bonds. The number of hydrogen-bond acceptors (Lipinski definition) is 4. The number of aromatic nitrogens is 2. The van der Waals surface area contributed by atoms with Crippen molar-refractivity contribution in [2.45, 2.75) is 27.2 Å². The molecule has 0 aliphatic rings. The molecule has 0 fully saturated rings. The van der Waals surface area contributed by atoms with Gasteiger partial charge in [0.1, 0.15) is 0 Å². The van der Waals surface area contributed by atoms with Gasteiger partial charge in [-0.15, -0.1) is 0 Å². The van der Waals surface area contributed by atoms with Crippen molar-refractivity contribution in [3.8, 4) is 0 Å². The van der Waals surface area contributed by atoms with Crippen molar-refractivity contribution in [1.29, 1.82) is 0 Å². The van der Waals surface area contributed by atoms with Crippen LogP contribution >= 0.6 is 0 Å². The first-order valence-electron chi connectivity index (χ1n) is 6.71. The second-order valence-corrected chi connectivity index (χ2v) is 4.76. The molecule has 0 radical (unpaired) electrons. The van der Waals surface area contributed by atoms with Crippen LogP contribution in [0.1, 0.15) is 24.5 Å². The Bertz CT molecular complexity index is 598. The summed E-state index contributed by atoms with van der Waals surface area (Å²) < 4.78 is 13.8. The maximum Gasteiger partial charge on any atom is 0.224 e. The molecule has 106 valence electrons. The Kier molecular flexibility index (Phi) is 4.50. The number of aryl methyl sites for hydroxylation is 2. The van der Waals surface area contributed by atoms with Crippen molar-refractivity contribution >= 4 is 17.5 Å². The van der Waals surface area contributed by atoms with Gasteiger partial charge in [-0.05, 0) is 37.5 Å². The van der Waals surface area contributed by atoms with Crippen molar-refractivity contribution < 1.29 is 4.39 Å². The van der Waals surface area contributed by atoms with Crippen LogP contribution in [0.3, 0.4) is 0 Å². The van der Waals surface area contributed by atoms with Crippen molar-refractivity contribution in [3.63, 3.8) is 0 Å². The Balaban J connectivity index is 2.25. The van der Waals surface area contributed by atoms with Gasteiger partial charge >= 0.3 is 0 Å². The predicted molar refractivity (Wildman–Crippen MR) is 80.0 cm³/mol. The van der Waals surface area contributed by atoms with E-state index in [1.807, 2.05) is 39.0 Å². The number of halogens is 1. The van der Waals surface area contributed by atoms with Gasteiger partial charge in [-0.25, -0.2) is 9.37 Å². The second-order valence-electron chi connectivity index (χ2n) is 4.76. The van der Waals surface area contributed by atoms with Crippen LogP contribution in [0, 0.1) is 19.7 Å². The van der Waals surface area contributed by atoms with Crippen LogP contribution in [0.5, 0.6) is 0 Å². The van der Waals surface area contributed by atoms with Gasteiger partial charge in [0.05, 0.1) is 6.20 Å². The van der Waals surface area contributed by atoms with Gasteiger partial charge in [-0.2, -0.15) is 4.98 Å². The van der Waals surface area contributed by atoms with E-state index >= 15 is 0 Å². The quantitative estimate of drug-likeness (QED) is 0.870. The molecule has 0 unspecified atom stereocenters. The molecule has 0 aliphatic carbocycles. The fourth-order valence-electron chi connectivity index (χ4n) is 1.77. The summed E-state index contributed by atoms with van der Waals surface area (Å²) >= 11 is 0. The highest BCUT2D eigenvalue weighted by Crippen LogP contribution is 2.22. The number of nitrogens with zero attached hydrogens (tertiary/aromatic N) is 2. The van der Waals surface area contributed by atoms with Crippen LogP contribution in [0.4, 0.5) is 21.8 Å². The first kappa shape index (κ1) is 14.2. The smallest absolute Gasteiger partial charge is 0.224 e. The number of rotatable bonds is 5. The highest BCUT2D eigenvalue weighted by molar-refractivity contribution is 5.62. The zero-order valence-corrected chi connectivity index (χ0v) is 12.0. The largest absolute Gasteiger partial charge is 0.354 e. The van der Waals surface area contributed by atoms with Crippen LogP contribution in [0.15, 0.2) is 24.4 Å². The van der Waals surface area contributed by atoms with Gasteiger partial charge in [-0.1, -0.05) is 19.1 Å². The average Bonchev–Trinajstić information content (AvgIpc) is 2.43. The summed E-state index contributed by atoms with van der Waals surface area (Å²) in [4.78, 5) is 8.09. The van der Waals surface area contributed by atoms with Crippen LogP contribution < -0.4 is 10.6 Å². The summed E-state index contributed by atoms with van der Waals surface area (Å²) in [6, 6.07) is 5.98. The zero-order chi connectivity index (χ0) is 14.5. The van der Waals surface area contributed by atoms with E-state index in [2.05, 4.69) is 20.6 Å². The van der Waals surface area contributed by atoms with E-state index in [4.69, 9.17) is 0 Å². The van der Waals surface area contributed by atoms with Crippen LogP contribution in [0.25, 0.3) is 0 Å². The molecule has 0 saturated carbocycles. The molecule has 1 aromatic heterocycles. The van der Waals surface area contributed by atoms with Gasteiger partial charge in [0.25, 0.3) is 0 Å². The summed E-state index contributed by atoms with van der Waals surface area (Å²) in [6.45, 7) is 6.77. The van der Waals surface area contributed by atoms with Crippen molar-refractivity contribution in [3.05, 3.63) is 41.3 Å². The van der Waals surface area contributed by atoms with Crippen molar-refractivity contribution in [2.75, 3.05) is 17.2 Å². The van der Waals surface area contributed by atoms with Crippen LogP contribution in [0.2, 0.25) is 0 Å². The normalized spacial score (nSPS) is 10.4. The molecule has 0 bridgehead atoms. The fourth-order valence-corrected chi connectivity index (χ4v) is 1.77. The molecule has 0 saturated heterocycles. The molecule has 2 aromatic rings. The molecule has 0 spiro atoms. The summed E-state index contributed by atoms with van der Waals surface area (Å²) in [5.74, 6) is 0.154. The molecule has 4 nitrogen and oxygen atoms in total. The van der Waals surface area contributed by atoms with E-state index < -0.39 is 5.82 Å². The first-order chi connectivity index (χ1) is 9.60. The third-order valence-corrected chi connectivity index (χ3v) is 2.92. The maximum atomic E-state index is 13.8. The van der Waals surface area contributed by atoms with E-state index in [0.29, 0.717) is 5.95 Å². The molecule has 1 heterocycles. The maximum absolute atomic E-state index is 13.8. The molecule has 1 aromatic carbocycles. The van der Waals surface area contributed by atoms with Gasteiger partial charge in [0.15, 0.2) is 11.6 Å². The number of nitrogens with one attached hydrogen (secondary N) is 2. The molecule has 2 N–H and O–H groups in total. The van der Waals surface area contributed by atoms with E-state index in [1.54, 1.807) is 0 Å². The summed E-state index contributed by atoms with van der Waals surface area (Å²) in [7, 11) is 0. The van der Waals surface area contributed by atoms with Gasteiger partial charge < -0.3 is 10.6 Å². The topological polar surface area (TPSA) is 49.8 Å². The lowest BCUT2D eigenvalue weighted by molar-refractivity contribution is 0.619. The summed E-state index contributed by atoms with van der Waals surface area (Å²) in [5, 5.41) is 6.08. The SMILES string of the molecule is CCCNc1ncc(F)c(Nc2cc(C)ccc2C)n1. The molecule has 5 heteroatoms. The second kappa shape index (κ2) is 6.32. The standard InChI is InChI=1S/C15H19FN4/c1-4-7-17-15-18-9-12(16)14(20-15)19-13-8-10(2)5-6-11(13)3/h5-6,8-9H,4,7H2,1-3H3,(H2,17,18,19,20).